The van der Waals surface area contributed by atoms with Crippen LogP contribution in [-0.4, -0.2) is 55.0 Å². The van der Waals surface area contributed by atoms with Gasteiger partial charge in [-0.05, 0) is 32.9 Å². The lowest BCUT2D eigenvalue weighted by molar-refractivity contribution is -0.0785. The predicted molar refractivity (Wildman–Crippen MR) is 88.8 cm³/mol. The lowest BCUT2D eigenvalue weighted by Crippen LogP contribution is -2.50. The van der Waals surface area contributed by atoms with E-state index in [-0.39, 0.29) is 5.75 Å². The molecule has 130 valence electrons. The first-order chi connectivity index (χ1) is 11.4. The van der Waals surface area contributed by atoms with Gasteiger partial charge < -0.3 is 24.6 Å². The Morgan fingerprint density at radius 3 is 2.58 bits per heavy atom. The van der Waals surface area contributed by atoms with E-state index in [0.717, 1.165) is 11.3 Å². The van der Waals surface area contributed by atoms with Crippen LogP contribution in [0.15, 0.2) is 16.7 Å². The number of nitrogens with zero attached hydrogens (tertiary/aromatic N) is 2. The zero-order valence-electron chi connectivity index (χ0n) is 13.6. The molecule has 2 aromatic rings. The third-order valence-corrected chi connectivity index (χ3v) is 5.20. The van der Waals surface area contributed by atoms with E-state index in [1.807, 2.05) is 19.9 Å². The Morgan fingerprint density at radius 1 is 1.17 bits per heavy atom. The smallest absolute Gasteiger partial charge is 0.173 e. The average molecular weight is 352 g/mol. The first-order valence-corrected chi connectivity index (χ1v) is 8.66. The highest BCUT2D eigenvalue weighted by molar-refractivity contribution is 7.99. The Labute approximate surface area is 143 Å². The Bertz CT molecular complexity index is 716. The summed E-state index contributed by atoms with van der Waals surface area (Å²) in [7, 11) is 0. The summed E-state index contributed by atoms with van der Waals surface area (Å²) in [6.45, 7) is 5.49. The largest absolute Gasteiger partial charge is 0.475 e. The van der Waals surface area contributed by atoms with Crippen LogP contribution in [0.5, 0.6) is 5.75 Å². The van der Waals surface area contributed by atoms with E-state index in [4.69, 9.17) is 9.26 Å². The Balaban J connectivity index is 1.95. The van der Waals surface area contributed by atoms with Crippen molar-refractivity contribution >= 4 is 11.8 Å². The molecule has 1 fully saturated rings. The lowest BCUT2D eigenvalue weighted by atomic mass is 10.1. The van der Waals surface area contributed by atoms with E-state index in [9.17, 15) is 15.3 Å². The number of ether oxygens (including phenoxy) is 1. The monoisotopic (exact) mass is 352 g/mol. The maximum absolute atomic E-state index is 10.1. The summed E-state index contributed by atoms with van der Waals surface area (Å²) in [5.74, 6) is 1.38. The van der Waals surface area contributed by atoms with Gasteiger partial charge in [-0.15, -0.1) is 11.8 Å². The van der Waals surface area contributed by atoms with Gasteiger partial charge >= 0.3 is 0 Å². The van der Waals surface area contributed by atoms with Crippen molar-refractivity contribution in [3.8, 4) is 17.0 Å². The van der Waals surface area contributed by atoms with Gasteiger partial charge in [0.25, 0.3) is 0 Å². The van der Waals surface area contributed by atoms with Gasteiger partial charge in [0.15, 0.2) is 5.44 Å². The molecule has 2 aromatic heterocycles. The summed E-state index contributed by atoms with van der Waals surface area (Å²) >= 11 is 1.25. The van der Waals surface area contributed by atoms with Crippen molar-refractivity contribution < 1.29 is 24.6 Å². The van der Waals surface area contributed by atoms with Crippen LogP contribution in [0.4, 0.5) is 0 Å². The van der Waals surface area contributed by atoms with Crippen molar-refractivity contribution in [2.24, 2.45) is 0 Å². The number of aryl methyl sites for hydroxylation is 3. The summed E-state index contributed by atoms with van der Waals surface area (Å²) in [4.78, 5) is 4.53. The van der Waals surface area contributed by atoms with E-state index in [1.54, 1.807) is 13.0 Å². The second-order valence-electron chi connectivity index (χ2n) is 5.87. The molecule has 3 heterocycles. The molecule has 3 N–H and O–H groups in total. The van der Waals surface area contributed by atoms with Crippen LogP contribution >= 0.6 is 11.8 Å². The molecule has 3 rings (SSSR count). The van der Waals surface area contributed by atoms with Gasteiger partial charge in [-0.2, -0.15) is 0 Å². The molecule has 8 heteroatoms. The normalized spacial score (nSPS) is 27.2. The third kappa shape index (κ3) is 3.14. The molecule has 7 nitrogen and oxygen atoms in total. The van der Waals surface area contributed by atoms with E-state index in [0.29, 0.717) is 22.9 Å². The quantitative estimate of drug-likeness (QED) is 0.756. The zero-order chi connectivity index (χ0) is 17.4. The highest BCUT2D eigenvalue weighted by Crippen LogP contribution is 2.36. The number of aliphatic hydroxyl groups is 3. The number of aromatic nitrogens is 2. The molecule has 0 saturated carbocycles. The van der Waals surface area contributed by atoms with E-state index < -0.39 is 23.7 Å². The fraction of sp³-hybridized carbons (Fsp3) is 0.500. The van der Waals surface area contributed by atoms with Crippen LogP contribution in [0.2, 0.25) is 0 Å². The van der Waals surface area contributed by atoms with E-state index in [2.05, 4.69) is 10.1 Å². The molecule has 0 aliphatic carbocycles. The molecular formula is C16H20N2O5S. The SMILES string of the molecule is Cc1ccc(O[C@H]2SC[C@@H](O)[C@H](O)[C@H]2O)c(-c2c(C)noc2C)n1. The maximum Gasteiger partial charge on any atom is 0.173 e. The minimum absolute atomic E-state index is 0.281. The highest BCUT2D eigenvalue weighted by atomic mass is 32.2. The summed E-state index contributed by atoms with van der Waals surface area (Å²) < 4.78 is 11.1. The summed E-state index contributed by atoms with van der Waals surface area (Å²) in [6, 6.07) is 3.58. The van der Waals surface area contributed by atoms with Crippen LogP contribution in [-0.2, 0) is 0 Å². The molecule has 24 heavy (non-hydrogen) atoms. The average Bonchev–Trinajstić information content (AvgIpc) is 2.88. The first kappa shape index (κ1) is 17.2. The van der Waals surface area contributed by atoms with Gasteiger partial charge in [0.1, 0.15) is 29.4 Å². The van der Waals surface area contributed by atoms with E-state index >= 15 is 0 Å². The standard InChI is InChI=1S/C16H20N2O5S/c1-7-4-5-11(13(17-7)12-8(2)18-23-9(12)3)22-16-15(21)14(20)10(19)6-24-16/h4-5,10,14-16,19-21H,6H2,1-3H3/t10-,14+,15-,16+/m1/s1. The van der Waals surface area contributed by atoms with Crippen molar-refractivity contribution in [2.45, 2.75) is 44.5 Å². The fourth-order valence-electron chi connectivity index (χ4n) is 2.65. The second-order valence-corrected chi connectivity index (χ2v) is 7.00. The molecule has 1 aliphatic heterocycles. The van der Waals surface area contributed by atoms with E-state index in [1.165, 1.54) is 11.8 Å². The molecule has 0 unspecified atom stereocenters. The second kappa shape index (κ2) is 6.72. The third-order valence-electron chi connectivity index (χ3n) is 3.96. The minimum atomic E-state index is -1.24. The summed E-state index contributed by atoms with van der Waals surface area (Å²) in [5.41, 5.74) is 2.14. The number of thioether (sulfide) groups is 1. The molecule has 0 bridgehead atoms. The molecule has 0 spiro atoms. The topological polar surface area (TPSA) is 109 Å². The van der Waals surface area contributed by atoms with Crippen LogP contribution in [0.1, 0.15) is 17.1 Å². The molecule has 0 radical (unpaired) electrons. The maximum atomic E-state index is 10.1. The number of hydrogen-bond donors (Lipinski definition) is 3. The molecule has 1 aliphatic rings. The number of pyridine rings is 1. The van der Waals surface area contributed by atoms with Crippen molar-refractivity contribution in [2.75, 3.05) is 5.75 Å². The molecule has 0 aromatic carbocycles. The zero-order valence-corrected chi connectivity index (χ0v) is 14.4. The number of rotatable bonds is 3. The fourth-order valence-corrected chi connectivity index (χ4v) is 3.76. The highest BCUT2D eigenvalue weighted by Gasteiger charge is 2.39. The van der Waals surface area contributed by atoms with Gasteiger partial charge in [0.2, 0.25) is 0 Å². The van der Waals surface area contributed by atoms with Gasteiger partial charge in [0.05, 0.1) is 17.4 Å². The molecule has 0 amide bonds. The van der Waals surface area contributed by atoms with Crippen LogP contribution in [0, 0.1) is 20.8 Å². The summed E-state index contributed by atoms with van der Waals surface area (Å²) in [6.07, 6.45) is -3.40. The molecular weight excluding hydrogens is 332 g/mol. The first-order valence-electron chi connectivity index (χ1n) is 7.62. The Morgan fingerprint density at radius 2 is 1.92 bits per heavy atom. The summed E-state index contributed by atoms with van der Waals surface area (Å²) in [5, 5.41) is 33.6. The number of hydrogen-bond acceptors (Lipinski definition) is 8. The van der Waals surface area contributed by atoms with Crippen molar-refractivity contribution in [3.63, 3.8) is 0 Å². The van der Waals surface area contributed by atoms with Gasteiger partial charge in [-0.25, -0.2) is 4.98 Å². The lowest BCUT2D eigenvalue weighted by Gasteiger charge is -2.34. The molecule has 1 saturated heterocycles. The Hall–Kier alpha value is -1.61. The van der Waals surface area contributed by atoms with Gasteiger partial charge in [-0.1, -0.05) is 5.16 Å². The Kier molecular flexibility index (Phi) is 4.82. The van der Waals surface area contributed by atoms with Crippen LogP contribution < -0.4 is 4.74 Å². The van der Waals surface area contributed by atoms with Crippen LogP contribution in [0.25, 0.3) is 11.3 Å². The van der Waals surface area contributed by atoms with Crippen molar-refractivity contribution in [1.82, 2.24) is 10.1 Å². The predicted octanol–water partition coefficient (Wildman–Crippen LogP) is 1.20. The van der Waals surface area contributed by atoms with Gasteiger partial charge in [-0.3, -0.25) is 0 Å². The molecule has 4 atom stereocenters. The van der Waals surface area contributed by atoms with Crippen molar-refractivity contribution in [3.05, 3.63) is 29.3 Å². The van der Waals surface area contributed by atoms with Crippen molar-refractivity contribution in [1.29, 1.82) is 0 Å². The number of aliphatic hydroxyl groups excluding tert-OH is 3. The van der Waals surface area contributed by atoms with Gasteiger partial charge in [0, 0.05) is 11.4 Å². The minimum Gasteiger partial charge on any atom is -0.475 e. The van der Waals surface area contributed by atoms with Crippen LogP contribution in [0.3, 0.4) is 0 Å².